The van der Waals surface area contributed by atoms with Crippen LogP contribution in [0.2, 0.25) is 0 Å². The first-order chi connectivity index (χ1) is 14.0. The molecular weight excluding hydrogens is 390 g/mol. The summed E-state index contributed by atoms with van der Waals surface area (Å²) in [6, 6.07) is 5.76. The fraction of sp³-hybridized carbons (Fsp3) is 0.421. The van der Waals surface area contributed by atoms with E-state index in [1.54, 1.807) is 6.20 Å². The number of nitrogens with one attached hydrogen (secondary N) is 2. The summed E-state index contributed by atoms with van der Waals surface area (Å²) >= 11 is 1.39. The van der Waals surface area contributed by atoms with E-state index in [-0.39, 0.29) is 17.1 Å². The highest BCUT2D eigenvalue weighted by Crippen LogP contribution is 2.40. The number of imidazole rings is 1. The molecule has 4 heterocycles. The predicted molar refractivity (Wildman–Crippen MR) is 112 cm³/mol. The van der Waals surface area contributed by atoms with Gasteiger partial charge < -0.3 is 31.1 Å². The summed E-state index contributed by atoms with van der Waals surface area (Å²) in [7, 11) is 0. The molecule has 2 saturated heterocycles. The molecule has 5 rings (SSSR count). The summed E-state index contributed by atoms with van der Waals surface area (Å²) in [6.07, 6.45) is 3.73. The molecule has 6 N–H and O–H groups in total. The molecule has 2 aliphatic heterocycles. The second-order valence-corrected chi connectivity index (χ2v) is 8.78. The number of nitrogen functional groups attached to an aromatic ring is 1. The third-order valence-corrected chi connectivity index (χ3v) is 7.10. The summed E-state index contributed by atoms with van der Waals surface area (Å²) in [5.41, 5.74) is 13.8. The molecule has 0 saturated carbocycles. The molecule has 152 valence electrons. The number of hydrogen-bond donors (Lipinski definition) is 4. The van der Waals surface area contributed by atoms with E-state index in [9.17, 15) is 4.79 Å². The van der Waals surface area contributed by atoms with Gasteiger partial charge in [-0.15, -0.1) is 0 Å². The molecule has 29 heavy (non-hydrogen) atoms. The van der Waals surface area contributed by atoms with E-state index in [0.717, 1.165) is 54.3 Å². The Kier molecular flexibility index (Phi) is 4.49. The summed E-state index contributed by atoms with van der Waals surface area (Å²) in [5.74, 6) is 1.16. The number of anilines is 2. The third kappa shape index (κ3) is 3.26. The van der Waals surface area contributed by atoms with Crippen molar-refractivity contribution in [2.75, 3.05) is 36.9 Å². The van der Waals surface area contributed by atoms with Gasteiger partial charge in [0.15, 0.2) is 5.82 Å². The molecule has 1 aromatic carbocycles. The maximum absolute atomic E-state index is 11.6. The van der Waals surface area contributed by atoms with Gasteiger partial charge >= 0.3 is 5.69 Å². The van der Waals surface area contributed by atoms with Crippen LogP contribution >= 0.6 is 11.8 Å². The standard InChI is InChI=1S/C19H23N7O2S/c20-13-9-28-10-19(13)4-6-26(7-5-19)14-8-22-17(16(21)24-14)29-12-3-1-2-11-15(12)25-18(27)23-11/h1-3,8,13H,4-7,9-10,20H2,(H2,21,24)(H2,23,25,27)/t13-/m1/s1. The molecule has 10 heteroatoms. The van der Waals surface area contributed by atoms with Crippen LogP contribution < -0.4 is 22.1 Å². The predicted octanol–water partition coefficient (Wildman–Crippen LogP) is 1.32. The zero-order chi connectivity index (χ0) is 20.0. The third-order valence-electron chi connectivity index (χ3n) is 6.03. The fourth-order valence-electron chi connectivity index (χ4n) is 4.20. The Morgan fingerprint density at radius 3 is 2.83 bits per heavy atom. The van der Waals surface area contributed by atoms with Crippen LogP contribution in [0, 0.1) is 5.41 Å². The molecule has 1 spiro atoms. The molecule has 3 aromatic rings. The highest BCUT2D eigenvalue weighted by Gasteiger charge is 2.44. The molecular formula is C19H23N7O2S. The van der Waals surface area contributed by atoms with Crippen LogP contribution in [0.15, 0.2) is 39.1 Å². The van der Waals surface area contributed by atoms with Crippen molar-refractivity contribution in [3.8, 4) is 0 Å². The summed E-state index contributed by atoms with van der Waals surface area (Å²) in [4.78, 5) is 29.4. The highest BCUT2D eigenvalue weighted by atomic mass is 32.2. The first-order valence-electron chi connectivity index (χ1n) is 9.64. The number of piperidine rings is 1. The van der Waals surface area contributed by atoms with E-state index in [1.807, 2.05) is 18.2 Å². The van der Waals surface area contributed by atoms with Crippen molar-refractivity contribution < 1.29 is 4.74 Å². The number of aromatic nitrogens is 4. The molecule has 2 fully saturated rings. The minimum Gasteiger partial charge on any atom is -0.381 e. The second kappa shape index (κ2) is 7.05. The minimum absolute atomic E-state index is 0.0947. The maximum Gasteiger partial charge on any atom is 0.323 e. The van der Waals surface area contributed by atoms with Gasteiger partial charge in [-0.25, -0.2) is 14.8 Å². The van der Waals surface area contributed by atoms with Crippen LogP contribution in [-0.4, -0.2) is 52.3 Å². The lowest BCUT2D eigenvalue weighted by Crippen LogP contribution is -2.49. The second-order valence-electron chi connectivity index (χ2n) is 7.75. The van der Waals surface area contributed by atoms with Gasteiger partial charge in [-0.3, -0.25) is 0 Å². The Bertz CT molecular complexity index is 1100. The van der Waals surface area contributed by atoms with Gasteiger partial charge in [-0.05, 0) is 25.0 Å². The molecule has 1 atom stereocenters. The topological polar surface area (TPSA) is 139 Å². The van der Waals surface area contributed by atoms with E-state index in [0.29, 0.717) is 17.5 Å². The maximum atomic E-state index is 11.6. The van der Waals surface area contributed by atoms with E-state index in [1.165, 1.54) is 11.8 Å². The van der Waals surface area contributed by atoms with Crippen LogP contribution in [0.25, 0.3) is 11.0 Å². The van der Waals surface area contributed by atoms with E-state index in [2.05, 4.69) is 24.8 Å². The largest absolute Gasteiger partial charge is 0.381 e. The number of nitrogens with zero attached hydrogens (tertiary/aromatic N) is 3. The first-order valence-corrected chi connectivity index (χ1v) is 10.5. The van der Waals surface area contributed by atoms with Gasteiger partial charge in [0.25, 0.3) is 0 Å². The van der Waals surface area contributed by atoms with Crippen molar-refractivity contribution in [2.24, 2.45) is 11.1 Å². The van der Waals surface area contributed by atoms with Crippen LogP contribution in [0.5, 0.6) is 0 Å². The van der Waals surface area contributed by atoms with Gasteiger partial charge in [-0.1, -0.05) is 17.8 Å². The van der Waals surface area contributed by atoms with Crippen molar-refractivity contribution >= 4 is 34.4 Å². The zero-order valence-corrected chi connectivity index (χ0v) is 16.7. The van der Waals surface area contributed by atoms with Crippen LogP contribution in [0.1, 0.15) is 12.8 Å². The number of nitrogens with two attached hydrogens (primary N) is 2. The Hall–Kier alpha value is -2.56. The number of para-hydroxylation sites is 1. The number of aromatic amines is 2. The Labute approximate surface area is 171 Å². The number of H-pyrrole nitrogens is 2. The van der Waals surface area contributed by atoms with Gasteiger partial charge in [0.05, 0.1) is 30.4 Å². The number of benzene rings is 1. The summed E-state index contributed by atoms with van der Waals surface area (Å²) in [5, 5.41) is 0.614. The van der Waals surface area contributed by atoms with Crippen LogP contribution in [0.4, 0.5) is 11.6 Å². The normalized spacial score (nSPS) is 21.3. The highest BCUT2D eigenvalue weighted by molar-refractivity contribution is 7.99. The number of hydrogen-bond acceptors (Lipinski definition) is 8. The minimum atomic E-state index is -0.238. The monoisotopic (exact) mass is 413 g/mol. The molecule has 0 amide bonds. The van der Waals surface area contributed by atoms with Crippen molar-refractivity contribution in [2.45, 2.75) is 28.8 Å². The average molecular weight is 414 g/mol. The molecule has 0 bridgehead atoms. The zero-order valence-electron chi connectivity index (χ0n) is 15.9. The first kappa shape index (κ1) is 18.5. The Morgan fingerprint density at radius 2 is 2.10 bits per heavy atom. The smallest absolute Gasteiger partial charge is 0.323 e. The lowest BCUT2D eigenvalue weighted by Gasteiger charge is -2.41. The summed E-state index contributed by atoms with van der Waals surface area (Å²) in [6.45, 7) is 3.12. The molecule has 0 radical (unpaired) electrons. The SMILES string of the molecule is Nc1nc(N2CCC3(CC2)COC[C@H]3N)cnc1Sc1cccc2[nH]c(=O)[nH]c12. The van der Waals surface area contributed by atoms with Crippen LogP contribution in [-0.2, 0) is 4.74 Å². The fourth-order valence-corrected chi connectivity index (χ4v) is 5.08. The summed E-state index contributed by atoms with van der Waals surface area (Å²) < 4.78 is 5.60. The van der Waals surface area contributed by atoms with Crippen molar-refractivity contribution in [1.82, 2.24) is 19.9 Å². The quantitative estimate of drug-likeness (QED) is 0.504. The molecule has 2 aromatic heterocycles. The lowest BCUT2D eigenvalue weighted by atomic mass is 9.75. The van der Waals surface area contributed by atoms with Gasteiger partial charge in [0.1, 0.15) is 10.8 Å². The van der Waals surface area contributed by atoms with Crippen LogP contribution in [0.3, 0.4) is 0 Å². The van der Waals surface area contributed by atoms with E-state index >= 15 is 0 Å². The number of ether oxygens (including phenoxy) is 1. The van der Waals surface area contributed by atoms with Crippen molar-refractivity contribution in [1.29, 1.82) is 0 Å². The molecule has 9 nitrogen and oxygen atoms in total. The Morgan fingerprint density at radius 1 is 1.28 bits per heavy atom. The van der Waals surface area contributed by atoms with E-state index < -0.39 is 0 Å². The molecule has 0 unspecified atom stereocenters. The van der Waals surface area contributed by atoms with Crippen molar-refractivity contribution in [3.63, 3.8) is 0 Å². The van der Waals surface area contributed by atoms with Gasteiger partial charge in [-0.2, -0.15) is 0 Å². The number of rotatable bonds is 3. The van der Waals surface area contributed by atoms with Gasteiger partial charge in [0, 0.05) is 29.4 Å². The van der Waals surface area contributed by atoms with Crippen molar-refractivity contribution in [3.05, 3.63) is 34.9 Å². The van der Waals surface area contributed by atoms with E-state index in [4.69, 9.17) is 16.2 Å². The molecule has 2 aliphatic rings. The average Bonchev–Trinajstić information content (AvgIpc) is 3.27. The number of fused-ring (bicyclic) bond motifs is 1. The van der Waals surface area contributed by atoms with Gasteiger partial charge in [0.2, 0.25) is 0 Å². The lowest BCUT2D eigenvalue weighted by molar-refractivity contribution is 0.131. The Balaban J connectivity index is 1.34. The molecule has 0 aliphatic carbocycles.